The van der Waals surface area contributed by atoms with Crippen LogP contribution in [0.5, 0.6) is 0 Å². The largest absolute Gasteiger partial charge is 0.185 e. The molecule has 0 aromatic heterocycles. The molecule has 0 aliphatic rings. The summed E-state index contributed by atoms with van der Waals surface area (Å²) in [6.45, 7) is 0. The second-order valence-corrected chi connectivity index (χ2v) is 0.600. The van der Waals surface area contributed by atoms with E-state index in [9.17, 15) is 0 Å². The van der Waals surface area contributed by atoms with Gasteiger partial charge in [-0.3, -0.25) is 0 Å². The first-order chi connectivity index (χ1) is 2.83. The van der Waals surface area contributed by atoms with Gasteiger partial charge in [0.2, 0.25) is 0 Å². The SMILES string of the molecule is N#CS.N#CS.[Ni]. The van der Waals surface area contributed by atoms with E-state index in [-0.39, 0.29) is 16.5 Å². The number of nitrogens with zero attached hydrogens (tertiary/aromatic N) is 2. The van der Waals surface area contributed by atoms with Crippen molar-refractivity contribution in [1.29, 1.82) is 10.5 Å². The van der Waals surface area contributed by atoms with Gasteiger partial charge in [-0.05, 0) is 0 Å². The zero-order chi connectivity index (χ0) is 5.41. The normalized spacial score (nSPS) is 2.29. The number of hydrogen-bond acceptors (Lipinski definition) is 4. The average molecular weight is 177 g/mol. The molecule has 7 heavy (non-hydrogen) atoms. The monoisotopic (exact) mass is 176 g/mol. The zero-order valence-electron chi connectivity index (χ0n) is 3.11. The second-order valence-electron chi connectivity index (χ2n) is 0.200. The van der Waals surface area contributed by atoms with E-state index in [1.165, 1.54) is 10.8 Å². The predicted octanol–water partition coefficient (Wildman–Crippen LogP) is 0.792. The molecular formula is C2H2N2NiS2. The Balaban J connectivity index is -0.0000000400. The van der Waals surface area contributed by atoms with E-state index in [4.69, 9.17) is 10.5 Å². The van der Waals surface area contributed by atoms with Crippen molar-refractivity contribution in [2.24, 2.45) is 0 Å². The standard InChI is InChI=1S/2CHNS.Ni/c2*2-1-3;/h2*3H;. The molecule has 0 N–H and O–H groups in total. The minimum absolute atomic E-state index is 0. The van der Waals surface area contributed by atoms with Crippen LogP contribution in [0.25, 0.3) is 0 Å². The molecule has 0 rings (SSSR count). The molecule has 5 heteroatoms. The minimum atomic E-state index is 0. The number of rotatable bonds is 0. The first-order valence-corrected chi connectivity index (χ1v) is 1.79. The number of hydrogen-bond donors (Lipinski definition) is 2. The summed E-state index contributed by atoms with van der Waals surface area (Å²) >= 11 is 6.19. The molecule has 0 saturated heterocycles. The molecule has 2 nitrogen and oxygen atoms in total. The summed E-state index contributed by atoms with van der Waals surface area (Å²) in [5.74, 6) is 0. The van der Waals surface area contributed by atoms with Crippen molar-refractivity contribution in [3.05, 3.63) is 0 Å². The quantitative estimate of drug-likeness (QED) is 0.326. The summed E-state index contributed by atoms with van der Waals surface area (Å²) in [5, 5.41) is 17.3. The molecule has 0 saturated carbocycles. The van der Waals surface area contributed by atoms with Gasteiger partial charge in [0.25, 0.3) is 0 Å². The molecule has 0 radical (unpaired) electrons. The average Bonchev–Trinajstić information content (AvgIpc) is 1.39. The first-order valence-electron chi connectivity index (χ1n) is 0.894. The Bertz CT molecular complexity index is 68.7. The van der Waals surface area contributed by atoms with Gasteiger partial charge in [0.05, 0.1) is 0 Å². The van der Waals surface area contributed by atoms with Crippen molar-refractivity contribution < 1.29 is 16.5 Å². The Morgan fingerprint density at radius 2 is 1.00 bits per heavy atom. The van der Waals surface area contributed by atoms with E-state index >= 15 is 0 Å². The molecule has 0 atom stereocenters. The summed E-state index contributed by atoms with van der Waals surface area (Å²) in [7, 11) is 0. The fourth-order valence-corrected chi connectivity index (χ4v) is 0. The smallest absolute Gasteiger partial charge is 0.130 e. The van der Waals surface area contributed by atoms with Gasteiger partial charge in [0.1, 0.15) is 10.8 Å². The van der Waals surface area contributed by atoms with Crippen molar-refractivity contribution in [3.8, 4) is 10.8 Å². The summed E-state index contributed by atoms with van der Waals surface area (Å²) in [6, 6.07) is 0. The maximum Gasteiger partial charge on any atom is 0.130 e. The number of nitriles is 2. The summed E-state index contributed by atoms with van der Waals surface area (Å²) in [6.07, 6.45) is 0. The number of thiocyanates is 2. The Labute approximate surface area is 63.3 Å². The third-order valence-corrected chi connectivity index (χ3v) is 0. The Morgan fingerprint density at radius 3 is 1.00 bits per heavy atom. The van der Waals surface area contributed by atoms with Gasteiger partial charge in [-0.15, -0.1) is 0 Å². The Hall–Kier alpha value is 0.174. The molecule has 0 aliphatic carbocycles. The van der Waals surface area contributed by atoms with Crippen LogP contribution >= 0.6 is 25.3 Å². The van der Waals surface area contributed by atoms with Crippen LogP contribution in [-0.2, 0) is 16.5 Å². The molecule has 0 heterocycles. The van der Waals surface area contributed by atoms with Crippen molar-refractivity contribution in [3.63, 3.8) is 0 Å². The van der Waals surface area contributed by atoms with E-state index in [0.29, 0.717) is 0 Å². The molecule has 0 fully saturated rings. The van der Waals surface area contributed by atoms with Gasteiger partial charge in [-0.2, -0.15) is 10.5 Å². The van der Waals surface area contributed by atoms with Gasteiger partial charge in [0.15, 0.2) is 0 Å². The maximum absolute atomic E-state index is 7.18. The molecule has 0 spiro atoms. The van der Waals surface area contributed by atoms with Crippen molar-refractivity contribution in [1.82, 2.24) is 0 Å². The van der Waals surface area contributed by atoms with Crippen LogP contribution in [0.2, 0.25) is 0 Å². The van der Waals surface area contributed by atoms with Crippen LogP contribution in [0, 0.1) is 21.3 Å². The third kappa shape index (κ3) is 3570. The van der Waals surface area contributed by atoms with Gasteiger partial charge in [-0.1, -0.05) is 25.3 Å². The van der Waals surface area contributed by atoms with Gasteiger partial charge < -0.3 is 0 Å². The number of thiol groups is 2. The van der Waals surface area contributed by atoms with Crippen LogP contribution in [0.4, 0.5) is 0 Å². The van der Waals surface area contributed by atoms with E-state index < -0.39 is 0 Å². The van der Waals surface area contributed by atoms with Gasteiger partial charge >= 0.3 is 0 Å². The maximum atomic E-state index is 7.18. The predicted molar refractivity (Wildman–Crippen MR) is 29.2 cm³/mol. The van der Waals surface area contributed by atoms with Gasteiger partial charge in [-0.25, -0.2) is 0 Å². The third-order valence-electron chi connectivity index (χ3n) is 0. The zero-order valence-corrected chi connectivity index (χ0v) is 5.88. The van der Waals surface area contributed by atoms with Crippen molar-refractivity contribution >= 4 is 25.3 Å². The summed E-state index contributed by atoms with van der Waals surface area (Å²) < 4.78 is 0. The summed E-state index contributed by atoms with van der Waals surface area (Å²) in [5.41, 5.74) is 0. The van der Waals surface area contributed by atoms with Crippen LogP contribution in [0.15, 0.2) is 0 Å². The van der Waals surface area contributed by atoms with Gasteiger partial charge in [0, 0.05) is 16.5 Å². The molecule has 0 aromatic carbocycles. The Kier molecular flexibility index (Phi) is 78.4. The molecule has 0 bridgehead atoms. The molecule has 0 amide bonds. The van der Waals surface area contributed by atoms with Crippen LogP contribution in [-0.4, -0.2) is 0 Å². The van der Waals surface area contributed by atoms with Crippen LogP contribution < -0.4 is 0 Å². The molecular weight excluding hydrogens is 175 g/mol. The van der Waals surface area contributed by atoms with Crippen LogP contribution in [0.1, 0.15) is 0 Å². The summed E-state index contributed by atoms with van der Waals surface area (Å²) in [4.78, 5) is 0. The first kappa shape index (κ1) is 15.7. The molecule has 0 aliphatic heterocycles. The fraction of sp³-hybridized carbons (Fsp3) is 0. The van der Waals surface area contributed by atoms with E-state index in [1.54, 1.807) is 0 Å². The van der Waals surface area contributed by atoms with E-state index in [1.807, 2.05) is 0 Å². The minimum Gasteiger partial charge on any atom is -0.185 e. The molecule has 0 aromatic rings. The second kappa shape index (κ2) is 35.0. The Morgan fingerprint density at radius 1 is 1.00 bits per heavy atom. The van der Waals surface area contributed by atoms with Crippen LogP contribution in [0.3, 0.4) is 0 Å². The van der Waals surface area contributed by atoms with Crippen molar-refractivity contribution in [2.75, 3.05) is 0 Å². The fourth-order valence-electron chi connectivity index (χ4n) is 0. The molecule has 0 unspecified atom stereocenters. The van der Waals surface area contributed by atoms with E-state index in [0.717, 1.165) is 0 Å². The topological polar surface area (TPSA) is 47.6 Å². The van der Waals surface area contributed by atoms with Crippen molar-refractivity contribution in [2.45, 2.75) is 0 Å². The van der Waals surface area contributed by atoms with E-state index in [2.05, 4.69) is 25.3 Å². The molecule has 42 valence electrons.